The molecule has 2 heterocycles. The zero-order chi connectivity index (χ0) is 16.3. The van der Waals surface area contributed by atoms with Gasteiger partial charge in [-0.05, 0) is 26.8 Å². The van der Waals surface area contributed by atoms with Gasteiger partial charge >= 0.3 is 0 Å². The number of nitriles is 1. The van der Waals surface area contributed by atoms with Gasteiger partial charge in [-0.15, -0.1) is 0 Å². The molecule has 22 heavy (non-hydrogen) atoms. The van der Waals surface area contributed by atoms with Crippen LogP contribution in [0.1, 0.15) is 26.3 Å². The predicted molar refractivity (Wildman–Crippen MR) is 80.0 cm³/mol. The summed E-state index contributed by atoms with van der Waals surface area (Å²) in [7, 11) is 0. The minimum absolute atomic E-state index is 0.0329. The first-order valence-electron chi connectivity index (χ1n) is 6.62. The number of Topliss-reactive ketones (excluding diaryl/α,β-unsaturated/α-hetero) is 1. The summed E-state index contributed by atoms with van der Waals surface area (Å²) < 4.78 is 5.39. The van der Waals surface area contributed by atoms with E-state index in [2.05, 4.69) is 15.0 Å². The Balaban J connectivity index is 2.38. The molecule has 0 atom stereocenters. The Hall–Kier alpha value is -2.72. The number of carbonyl (C=O) groups excluding carboxylic acids is 1. The highest BCUT2D eigenvalue weighted by Crippen LogP contribution is 2.20. The van der Waals surface area contributed by atoms with Gasteiger partial charge in [-0.2, -0.15) is 5.26 Å². The number of hydrogen-bond acceptors (Lipinski definition) is 6. The van der Waals surface area contributed by atoms with Gasteiger partial charge in [-0.3, -0.25) is 4.79 Å². The fraction of sp³-hybridized carbons (Fsp3) is 0.333. The number of H-pyrrole nitrogens is 1. The van der Waals surface area contributed by atoms with Crippen molar-refractivity contribution in [1.82, 2.24) is 15.0 Å². The fourth-order valence-corrected chi connectivity index (χ4v) is 1.69. The molecule has 2 rings (SSSR count). The molecule has 0 saturated heterocycles. The molecule has 0 aromatic carbocycles. The molecule has 0 aliphatic rings. The molecule has 7 nitrogen and oxygen atoms in total. The molecule has 2 N–H and O–H groups in total. The average Bonchev–Trinajstić information content (AvgIpc) is 2.83. The number of carbonyl (C=O) groups is 1. The number of ketones is 1. The van der Waals surface area contributed by atoms with Crippen LogP contribution in [-0.4, -0.2) is 38.0 Å². The fourth-order valence-electron chi connectivity index (χ4n) is 1.69. The standard InChI is InChI=1S/C15H16N4O3/c1-9(20)10(5-16)4-11-6-17-14-13(11)19-12(7-18-14)22-8-15(2,3)21/h4,6-7,21H,8H2,1-3H3,(H,17,18)/b10-4+. The summed E-state index contributed by atoms with van der Waals surface area (Å²) in [6.07, 6.45) is 4.51. The summed E-state index contributed by atoms with van der Waals surface area (Å²) in [6, 6.07) is 1.85. The van der Waals surface area contributed by atoms with Crippen LogP contribution in [0.5, 0.6) is 5.88 Å². The first kappa shape index (κ1) is 15.7. The van der Waals surface area contributed by atoms with Crippen LogP contribution in [0.3, 0.4) is 0 Å². The zero-order valence-electron chi connectivity index (χ0n) is 12.5. The van der Waals surface area contributed by atoms with Crippen molar-refractivity contribution < 1.29 is 14.6 Å². The molecule has 0 saturated carbocycles. The van der Waals surface area contributed by atoms with Crippen molar-refractivity contribution in [2.24, 2.45) is 0 Å². The SMILES string of the molecule is CC(=O)/C(C#N)=C/c1c[nH]c2ncc(OCC(C)(C)O)nc12. The number of nitrogens with zero attached hydrogens (tertiary/aromatic N) is 3. The highest BCUT2D eigenvalue weighted by atomic mass is 16.5. The molecule has 0 radical (unpaired) electrons. The summed E-state index contributed by atoms with van der Waals surface area (Å²) in [5.74, 6) is -0.0653. The second-order valence-corrected chi connectivity index (χ2v) is 5.48. The number of aromatic nitrogens is 3. The van der Waals surface area contributed by atoms with E-state index < -0.39 is 5.60 Å². The van der Waals surface area contributed by atoms with Gasteiger partial charge in [0.15, 0.2) is 11.4 Å². The first-order valence-corrected chi connectivity index (χ1v) is 6.62. The van der Waals surface area contributed by atoms with Crippen molar-refractivity contribution in [3.63, 3.8) is 0 Å². The van der Waals surface area contributed by atoms with Gasteiger partial charge in [-0.1, -0.05) is 0 Å². The van der Waals surface area contributed by atoms with Crippen molar-refractivity contribution in [3.05, 3.63) is 23.5 Å². The van der Waals surface area contributed by atoms with Gasteiger partial charge in [0.2, 0.25) is 5.88 Å². The van der Waals surface area contributed by atoms with E-state index in [1.165, 1.54) is 19.2 Å². The Morgan fingerprint density at radius 1 is 1.59 bits per heavy atom. The molecule has 0 spiro atoms. The summed E-state index contributed by atoms with van der Waals surface area (Å²) in [6.45, 7) is 4.64. The molecule has 7 heteroatoms. The van der Waals surface area contributed by atoms with Crippen molar-refractivity contribution in [1.29, 1.82) is 5.26 Å². The lowest BCUT2D eigenvalue weighted by Gasteiger charge is -2.16. The van der Waals surface area contributed by atoms with Crippen molar-refractivity contribution in [3.8, 4) is 11.9 Å². The topological polar surface area (TPSA) is 112 Å². The van der Waals surface area contributed by atoms with Gasteiger partial charge < -0.3 is 14.8 Å². The quantitative estimate of drug-likeness (QED) is 0.640. The summed E-state index contributed by atoms with van der Waals surface area (Å²) >= 11 is 0. The number of aromatic amines is 1. The van der Waals surface area contributed by atoms with Gasteiger partial charge in [0.25, 0.3) is 0 Å². The molecule has 0 aliphatic heterocycles. The van der Waals surface area contributed by atoms with Gasteiger partial charge in [0.05, 0.1) is 17.4 Å². The molecule has 0 amide bonds. The maximum atomic E-state index is 11.3. The smallest absolute Gasteiger partial charge is 0.233 e. The van der Waals surface area contributed by atoms with Crippen LogP contribution < -0.4 is 4.74 Å². The number of rotatable bonds is 5. The zero-order valence-corrected chi connectivity index (χ0v) is 12.5. The van der Waals surface area contributed by atoms with Crippen LogP contribution >= 0.6 is 0 Å². The molecule has 114 valence electrons. The third-order valence-electron chi connectivity index (χ3n) is 2.76. The summed E-state index contributed by atoms with van der Waals surface area (Å²) in [5, 5.41) is 18.6. The molecular formula is C15H16N4O3. The van der Waals surface area contributed by atoms with Gasteiger partial charge in [0.1, 0.15) is 18.2 Å². The monoisotopic (exact) mass is 300 g/mol. The second kappa shape index (κ2) is 5.95. The second-order valence-electron chi connectivity index (χ2n) is 5.48. The van der Waals surface area contributed by atoms with E-state index in [0.717, 1.165) is 0 Å². The van der Waals surface area contributed by atoms with E-state index in [0.29, 0.717) is 16.7 Å². The van der Waals surface area contributed by atoms with Crippen LogP contribution in [0.15, 0.2) is 18.0 Å². The molecule has 0 fully saturated rings. The van der Waals surface area contributed by atoms with Crippen LogP contribution in [0.2, 0.25) is 0 Å². The van der Waals surface area contributed by atoms with Crippen LogP contribution in [0.4, 0.5) is 0 Å². The largest absolute Gasteiger partial charge is 0.474 e. The average molecular weight is 300 g/mol. The molecule has 0 aliphatic carbocycles. The van der Waals surface area contributed by atoms with E-state index in [1.807, 2.05) is 6.07 Å². The lowest BCUT2D eigenvalue weighted by atomic mass is 10.1. The number of aliphatic hydroxyl groups is 1. The lowest BCUT2D eigenvalue weighted by Crippen LogP contribution is -2.28. The number of fused-ring (bicyclic) bond motifs is 1. The van der Waals surface area contributed by atoms with Crippen LogP contribution in [-0.2, 0) is 4.79 Å². The minimum Gasteiger partial charge on any atom is -0.474 e. The summed E-state index contributed by atoms with van der Waals surface area (Å²) in [5.41, 5.74) is 0.624. The Morgan fingerprint density at radius 3 is 2.91 bits per heavy atom. The van der Waals surface area contributed by atoms with Crippen LogP contribution in [0.25, 0.3) is 17.2 Å². The molecule has 0 unspecified atom stereocenters. The Kier molecular flexibility index (Phi) is 4.24. The van der Waals surface area contributed by atoms with E-state index in [9.17, 15) is 9.90 Å². The van der Waals surface area contributed by atoms with E-state index in [1.54, 1.807) is 20.0 Å². The van der Waals surface area contributed by atoms with Gasteiger partial charge in [-0.25, -0.2) is 9.97 Å². The van der Waals surface area contributed by atoms with E-state index in [-0.39, 0.29) is 23.8 Å². The molecule has 2 aromatic rings. The van der Waals surface area contributed by atoms with Crippen LogP contribution in [0, 0.1) is 11.3 Å². The third kappa shape index (κ3) is 3.68. The Morgan fingerprint density at radius 2 is 2.32 bits per heavy atom. The maximum absolute atomic E-state index is 11.3. The maximum Gasteiger partial charge on any atom is 0.233 e. The number of hydrogen-bond donors (Lipinski definition) is 2. The van der Waals surface area contributed by atoms with Crippen molar-refractivity contribution in [2.45, 2.75) is 26.4 Å². The number of allylic oxidation sites excluding steroid dienone is 1. The van der Waals surface area contributed by atoms with E-state index in [4.69, 9.17) is 10.00 Å². The molecule has 0 bridgehead atoms. The minimum atomic E-state index is -0.986. The van der Waals surface area contributed by atoms with Gasteiger partial charge in [0, 0.05) is 11.8 Å². The molecule has 2 aromatic heterocycles. The number of ether oxygens (including phenoxy) is 1. The molecular weight excluding hydrogens is 284 g/mol. The Bertz CT molecular complexity index is 778. The van der Waals surface area contributed by atoms with Crippen molar-refractivity contribution in [2.75, 3.05) is 6.61 Å². The summed E-state index contributed by atoms with van der Waals surface area (Å²) in [4.78, 5) is 22.7. The Labute approximate surface area is 127 Å². The first-order chi connectivity index (χ1) is 10.3. The van der Waals surface area contributed by atoms with E-state index >= 15 is 0 Å². The number of nitrogens with one attached hydrogen (secondary N) is 1. The van der Waals surface area contributed by atoms with Crippen molar-refractivity contribution >= 4 is 23.0 Å². The highest BCUT2D eigenvalue weighted by Gasteiger charge is 2.15. The third-order valence-corrected chi connectivity index (χ3v) is 2.76. The highest BCUT2D eigenvalue weighted by molar-refractivity contribution is 6.03. The normalized spacial score (nSPS) is 12.2. The lowest BCUT2D eigenvalue weighted by molar-refractivity contribution is -0.113. The predicted octanol–water partition coefficient (Wildman–Crippen LogP) is 1.60.